The summed E-state index contributed by atoms with van der Waals surface area (Å²) >= 11 is 1.28. The van der Waals surface area contributed by atoms with Crippen LogP contribution in [0, 0.1) is 12.8 Å². The molecule has 184 valence electrons. The van der Waals surface area contributed by atoms with Crippen LogP contribution in [-0.2, 0) is 24.9 Å². The highest BCUT2D eigenvalue weighted by Crippen LogP contribution is 2.34. The predicted molar refractivity (Wildman–Crippen MR) is 133 cm³/mol. The van der Waals surface area contributed by atoms with Crippen molar-refractivity contribution in [3.63, 3.8) is 0 Å². The molecule has 5 rings (SSSR count). The van der Waals surface area contributed by atoms with Gasteiger partial charge in [0.1, 0.15) is 23.2 Å². The van der Waals surface area contributed by atoms with Crippen LogP contribution in [0.25, 0.3) is 21.3 Å². The van der Waals surface area contributed by atoms with Crippen molar-refractivity contribution >= 4 is 38.5 Å². The average molecular weight is 498 g/mol. The van der Waals surface area contributed by atoms with Crippen LogP contribution in [0.2, 0.25) is 0 Å². The van der Waals surface area contributed by atoms with E-state index in [9.17, 15) is 19.5 Å². The zero-order chi connectivity index (χ0) is 25.0. The van der Waals surface area contributed by atoms with Crippen LogP contribution in [-0.4, -0.2) is 54.4 Å². The first-order valence-electron chi connectivity index (χ1n) is 11.5. The Balaban J connectivity index is 1.78. The minimum Gasteiger partial charge on any atom is -0.389 e. The molecular formula is C24H27N5O5S. The number of aryl methyl sites for hydroxylation is 1. The Morgan fingerprint density at radius 1 is 1.37 bits per heavy atom. The number of nitrogens with zero attached hydrogens (tertiary/aromatic N) is 4. The summed E-state index contributed by atoms with van der Waals surface area (Å²) < 4.78 is 2.63. The Bertz CT molecular complexity index is 1580. The largest absolute Gasteiger partial charge is 0.389 e. The van der Waals surface area contributed by atoms with Gasteiger partial charge >= 0.3 is 5.69 Å². The van der Waals surface area contributed by atoms with Crippen molar-refractivity contribution < 1.29 is 14.7 Å². The summed E-state index contributed by atoms with van der Waals surface area (Å²) in [7, 11) is 1.43. The first-order chi connectivity index (χ1) is 16.7. The van der Waals surface area contributed by atoms with E-state index in [2.05, 4.69) is 9.97 Å². The monoisotopic (exact) mass is 497 g/mol. The molecule has 1 unspecified atom stereocenters. The molecule has 4 aromatic rings. The molecule has 0 aromatic carbocycles. The van der Waals surface area contributed by atoms with Gasteiger partial charge in [0, 0.05) is 42.2 Å². The van der Waals surface area contributed by atoms with E-state index in [1.54, 1.807) is 10.8 Å². The third kappa shape index (κ3) is 3.89. The molecule has 1 saturated heterocycles. The number of rotatable bonds is 5. The molecule has 0 aliphatic carbocycles. The van der Waals surface area contributed by atoms with Gasteiger partial charge in [0.05, 0.1) is 17.5 Å². The van der Waals surface area contributed by atoms with Gasteiger partial charge in [0.25, 0.3) is 11.5 Å². The van der Waals surface area contributed by atoms with Crippen LogP contribution in [0.15, 0.2) is 27.9 Å². The van der Waals surface area contributed by atoms with Crippen LogP contribution in [0.3, 0.4) is 0 Å². The van der Waals surface area contributed by atoms with Crippen molar-refractivity contribution in [3.05, 3.63) is 60.9 Å². The molecular weight excluding hydrogens is 470 g/mol. The molecule has 11 heteroatoms. The Morgan fingerprint density at radius 3 is 2.83 bits per heavy atom. The number of H-pyrrole nitrogens is 1. The molecule has 1 aliphatic rings. The number of aliphatic hydroxyl groups is 1. The van der Waals surface area contributed by atoms with Gasteiger partial charge in [-0.2, -0.15) is 0 Å². The molecule has 1 atom stereocenters. The van der Waals surface area contributed by atoms with Crippen molar-refractivity contribution in [2.45, 2.75) is 39.8 Å². The van der Waals surface area contributed by atoms with Crippen molar-refractivity contribution in [1.29, 1.82) is 0 Å². The zero-order valence-corrected chi connectivity index (χ0v) is 20.8. The van der Waals surface area contributed by atoms with Gasteiger partial charge in [-0.05, 0) is 30.5 Å². The summed E-state index contributed by atoms with van der Waals surface area (Å²) in [6, 6.07) is 3.81. The van der Waals surface area contributed by atoms with E-state index in [-0.39, 0.29) is 30.0 Å². The standard InChI is InChI=1S/C24H27N5O5S/c1-12(2)9-28-23-19(21(31)27(4)24(28)33)18(22(32)29-10-14(30)11-34-29)17(35-23)8-16-13(3)26-20-15(16)6-5-7-25-20/h5-7,12,14,30H,8-11H2,1-4H3,(H,25,26). The highest BCUT2D eigenvalue weighted by molar-refractivity contribution is 7.19. The number of hydroxylamine groups is 2. The smallest absolute Gasteiger partial charge is 0.331 e. The minimum atomic E-state index is -0.795. The van der Waals surface area contributed by atoms with E-state index in [4.69, 9.17) is 4.84 Å². The summed E-state index contributed by atoms with van der Waals surface area (Å²) in [5.74, 6) is -0.345. The summed E-state index contributed by atoms with van der Waals surface area (Å²) in [6.45, 7) is 6.35. The normalized spacial score (nSPS) is 16.3. The number of aromatic amines is 1. The summed E-state index contributed by atoms with van der Waals surface area (Å²) in [5, 5.41) is 12.2. The fraction of sp³-hybridized carbons (Fsp3) is 0.417. The second kappa shape index (κ2) is 8.74. The van der Waals surface area contributed by atoms with E-state index in [0.29, 0.717) is 22.7 Å². The number of aliphatic hydroxyl groups excluding tert-OH is 1. The van der Waals surface area contributed by atoms with Gasteiger partial charge in [0.2, 0.25) is 0 Å². The highest BCUT2D eigenvalue weighted by Gasteiger charge is 2.33. The number of thiophene rings is 1. The topological polar surface area (TPSA) is 122 Å². The van der Waals surface area contributed by atoms with E-state index in [0.717, 1.165) is 31.9 Å². The van der Waals surface area contributed by atoms with Crippen molar-refractivity contribution in [2.24, 2.45) is 13.0 Å². The Kier molecular flexibility index (Phi) is 5.86. The van der Waals surface area contributed by atoms with E-state index >= 15 is 0 Å². The second-order valence-electron chi connectivity index (χ2n) is 9.35. The van der Waals surface area contributed by atoms with Crippen molar-refractivity contribution in [2.75, 3.05) is 13.2 Å². The number of pyridine rings is 1. The summed E-state index contributed by atoms with van der Waals surface area (Å²) in [6.07, 6.45) is 1.28. The summed E-state index contributed by atoms with van der Waals surface area (Å²) in [4.78, 5) is 54.3. The fourth-order valence-electron chi connectivity index (χ4n) is 4.58. The molecule has 2 N–H and O–H groups in total. The van der Waals surface area contributed by atoms with Gasteiger partial charge in [-0.1, -0.05) is 13.8 Å². The maximum absolute atomic E-state index is 13.7. The second-order valence-corrected chi connectivity index (χ2v) is 10.4. The Hall–Kier alpha value is -3.28. The third-order valence-corrected chi connectivity index (χ3v) is 7.47. The van der Waals surface area contributed by atoms with Gasteiger partial charge in [-0.15, -0.1) is 11.3 Å². The zero-order valence-electron chi connectivity index (χ0n) is 20.0. The maximum Gasteiger partial charge on any atom is 0.331 e. The lowest BCUT2D eigenvalue weighted by molar-refractivity contribution is -0.0778. The minimum absolute atomic E-state index is 0.00639. The number of aromatic nitrogens is 4. The van der Waals surface area contributed by atoms with Gasteiger partial charge in [-0.25, -0.2) is 14.8 Å². The van der Waals surface area contributed by atoms with E-state index < -0.39 is 23.3 Å². The van der Waals surface area contributed by atoms with E-state index in [1.807, 2.05) is 32.9 Å². The van der Waals surface area contributed by atoms with Crippen molar-refractivity contribution in [1.82, 2.24) is 24.2 Å². The first kappa shape index (κ1) is 23.5. The number of hydrogen-bond acceptors (Lipinski definition) is 7. The lowest BCUT2D eigenvalue weighted by Gasteiger charge is -2.15. The van der Waals surface area contributed by atoms with Gasteiger partial charge in [-0.3, -0.25) is 23.6 Å². The predicted octanol–water partition coefficient (Wildman–Crippen LogP) is 1.94. The van der Waals surface area contributed by atoms with Crippen LogP contribution >= 0.6 is 11.3 Å². The van der Waals surface area contributed by atoms with Crippen LogP contribution in [0.1, 0.15) is 40.3 Å². The SMILES string of the molecule is Cc1[nH]c2ncccc2c1Cc1sc2c(c1C(=O)N1CC(O)CO1)c(=O)n(C)c(=O)n2CC(C)C. The molecule has 0 saturated carbocycles. The van der Waals surface area contributed by atoms with Crippen LogP contribution < -0.4 is 11.2 Å². The average Bonchev–Trinajstić information content (AvgIpc) is 3.50. The molecule has 1 aliphatic heterocycles. The number of amides is 1. The molecule has 0 bridgehead atoms. The van der Waals surface area contributed by atoms with E-state index in [1.165, 1.54) is 18.4 Å². The summed E-state index contributed by atoms with van der Waals surface area (Å²) in [5.41, 5.74) is 1.90. The number of carbonyl (C=O) groups excluding carboxylic acids is 1. The number of fused-ring (bicyclic) bond motifs is 2. The Labute approximate surface area is 204 Å². The lowest BCUT2D eigenvalue weighted by Crippen LogP contribution is -2.39. The lowest BCUT2D eigenvalue weighted by atomic mass is 10.0. The van der Waals surface area contributed by atoms with Crippen LogP contribution in [0.4, 0.5) is 0 Å². The molecule has 1 fully saturated rings. The van der Waals surface area contributed by atoms with Gasteiger partial charge in [0.15, 0.2) is 0 Å². The van der Waals surface area contributed by atoms with Crippen LogP contribution in [0.5, 0.6) is 0 Å². The highest BCUT2D eigenvalue weighted by atomic mass is 32.1. The van der Waals surface area contributed by atoms with Crippen molar-refractivity contribution in [3.8, 4) is 0 Å². The molecule has 35 heavy (non-hydrogen) atoms. The maximum atomic E-state index is 13.7. The Morgan fingerprint density at radius 2 is 2.14 bits per heavy atom. The number of β-amino-alcohol motifs (C(OH)–C–C–N with tert-alkyl or cyclic N) is 1. The quantitative estimate of drug-likeness (QED) is 0.435. The first-order valence-corrected chi connectivity index (χ1v) is 12.3. The fourth-order valence-corrected chi connectivity index (χ4v) is 5.88. The molecule has 4 aromatic heterocycles. The number of hydrogen-bond donors (Lipinski definition) is 2. The third-order valence-electron chi connectivity index (χ3n) is 6.26. The van der Waals surface area contributed by atoms with Gasteiger partial charge < -0.3 is 10.1 Å². The molecule has 1 amide bonds. The number of nitrogens with one attached hydrogen (secondary N) is 1. The molecule has 0 spiro atoms. The molecule has 10 nitrogen and oxygen atoms in total. The number of carbonyl (C=O) groups is 1. The molecule has 5 heterocycles. The molecule has 0 radical (unpaired) electrons.